The zero-order valence-electron chi connectivity index (χ0n) is 13.2. The molecule has 0 aromatic heterocycles. The van der Waals surface area contributed by atoms with E-state index in [1.54, 1.807) is 0 Å². The third kappa shape index (κ3) is 4.94. The molecule has 3 nitrogen and oxygen atoms in total. The van der Waals surface area contributed by atoms with Crippen LogP contribution < -0.4 is 0 Å². The molecule has 1 atom stereocenters. The lowest BCUT2D eigenvalue weighted by Gasteiger charge is -2.35. The first-order valence-corrected chi connectivity index (χ1v) is 8.03. The number of nitrogens with zero attached hydrogens (tertiary/aromatic N) is 1. The number of benzene rings is 1. The lowest BCUT2D eigenvalue weighted by Crippen LogP contribution is -2.40. The number of hydrogen-bond acceptors (Lipinski definition) is 3. The highest BCUT2D eigenvalue weighted by atomic mass is 16.3. The number of carbonyl (C=O) groups excluding carboxylic acids is 1. The summed E-state index contributed by atoms with van der Waals surface area (Å²) in [5.41, 5.74) is 1.90. The number of aliphatic hydroxyl groups excluding tert-OH is 1. The van der Waals surface area contributed by atoms with Crippen molar-refractivity contribution in [2.24, 2.45) is 5.92 Å². The monoisotopic (exact) mass is 289 g/mol. The number of aliphatic hydroxyl groups is 1. The summed E-state index contributed by atoms with van der Waals surface area (Å²) in [6, 6.07) is 8.27. The molecule has 3 heteroatoms. The Labute approximate surface area is 128 Å². The summed E-state index contributed by atoms with van der Waals surface area (Å²) in [5.74, 6) is 0.829. The van der Waals surface area contributed by atoms with Crippen LogP contribution in [0.2, 0.25) is 0 Å². The average Bonchev–Trinajstić information content (AvgIpc) is 2.47. The van der Waals surface area contributed by atoms with Crippen molar-refractivity contribution in [3.63, 3.8) is 0 Å². The number of Topliss-reactive ketones (excluding diaryl/α,β-unsaturated/α-hetero) is 1. The smallest absolute Gasteiger partial charge is 0.137 e. The van der Waals surface area contributed by atoms with Gasteiger partial charge in [0.15, 0.2) is 0 Å². The Morgan fingerprint density at radius 1 is 1.38 bits per heavy atom. The SMILES string of the molecule is CC(C)N1CCC[C@@H](CC(=O)Cc2cccc(CO)c2)C1. The van der Waals surface area contributed by atoms with Gasteiger partial charge < -0.3 is 10.0 Å². The van der Waals surface area contributed by atoms with Crippen LogP contribution in [0, 0.1) is 5.92 Å². The van der Waals surface area contributed by atoms with Gasteiger partial charge in [-0.2, -0.15) is 0 Å². The molecule has 0 unspecified atom stereocenters. The quantitative estimate of drug-likeness (QED) is 0.875. The summed E-state index contributed by atoms with van der Waals surface area (Å²) in [4.78, 5) is 14.8. The number of hydrogen-bond donors (Lipinski definition) is 1. The summed E-state index contributed by atoms with van der Waals surface area (Å²) >= 11 is 0. The van der Waals surface area contributed by atoms with Crippen molar-refractivity contribution in [3.05, 3.63) is 35.4 Å². The van der Waals surface area contributed by atoms with E-state index in [1.165, 1.54) is 19.4 Å². The minimum absolute atomic E-state index is 0.0357. The lowest BCUT2D eigenvalue weighted by atomic mass is 9.90. The molecule has 0 bridgehead atoms. The highest BCUT2D eigenvalue weighted by molar-refractivity contribution is 5.81. The van der Waals surface area contributed by atoms with Crippen molar-refractivity contribution < 1.29 is 9.90 Å². The van der Waals surface area contributed by atoms with Gasteiger partial charge in [-0.05, 0) is 50.3 Å². The molecular formula is C18H27NO2. The van der Waals surface area contributed by atoms with E-state index in [9.17, 15) is 4.79 Å². The van der Waals surface area contributed by atoms with Crippen LogP contribution in [0.15, 0.2) is 24.3 Å². The first kappa shape index (κ1) is 16.2. The van der Waals surface area contributed by atoms with Crippen molar-refractivity contribution in [2.75, 3.05) is 13.1 Å². The normalized spacial score (nSPS) is 19.9. The average molecular weight is 289 g/mol. The molecule has 0 spiro atoms. The molecule has 1 heterocycles. The Hall–Kier alpha value is -1.19. The van der Waals surface area contributed by atoms with Gasteiger partial charge in [0.2, 0.25) is 0 Å². The fraction of sp³-hybridized carbons (Fsp3) is 0.611. The molecule has 1 aromatic carbocycles. The van der Waals surface area contributed by atoms with E-state index in [0.29, 0.717) is 30.6 Å². The maximum absolute atomic E-state index is 12.3. The first-order chi connectivity index (χ1) is 10.1. The van der Waals surface area contributed by atoms with Gasteiger partial charge >= 0.3 is 0 Å². The number of piperidine rings is 1. The Balaban J connectivity index is 1.86. The maximum Gasteiger partial charge on any atom is 0.137 e. The van der Waals surface area contributed by atoms with E-state index in [-0.39, 0.29) is 6.61 Å². The number of likely N-dealkylation sites (tertiary alicyclic amines) is 1. The molecule has 21 heavy (non-hydrogen) atoms. The van der Waals surface area contributed by atoms with E-state index < -0.39 is 0 Å². The third-order valence-corrected chi connectivity index (χ3v) is 4.37. The van der Waals surface area contributed by atoms with Crippen molar-refractivity contribution in [1.29, 1.82) is 0 Å². The van der Waals surface area contributed by atoms with E-state index in [1.807, 2.05) is 24.3 Å². The Morgan fingerprint density at radius 2 is 2.14 bits per heavy atom. The molecule has 1 saturated heterocycles. The van der Waals surface area contributed by atoms with Gasteiger partial charge in [0.05, 0.1) is 6.61 Å². The van der Waals surface area contributed by atoms with Gasteiger partial charge in [-0.3, -0.25) is 4.79 Å². The third-order valence-electron chi connectivity index (χ3n) is 4.37. The predicted octanol–water partition coefficient (Wildman–Crippen LogP) is 2.80. The van der Waals surface area contributed by atoms with Gasteiger partial charge in [-0.25, -0.2) is 0 Å². The van der Waals surface area contributed by atoms with Crippen LogP contribution >= 0.6 is 0 Å². The lowest BCUT2D eigenvalue weighted by molar-refractivity contribution is -0.119. The van der Waals surface area contributed by atoms with Gasteiger partial charge in [0.1, 0.15) is 5.78 Å². The molecule has 1 N–H and O–H groups in total. The van der Waals surface area contributed by atoms with E-state index >= 15 is 0 Å². The Kier molecular flexibility index (Phi) is 5.95. The fourth-order valence-electron chi connectivity index (χ4n) is 3.19. The molecule has 0 aliphatic carbocycles. The first-order valence-electron chi connectivity index (χ1n) is 8.03. The van der Waals surface area contributed by atoms with Crippen LogP contribution in [0.1, 0.15) is 44.2 Å². The van der Waals surface area contributed by atoms with Crippen LogP contribution in [0.5, 0.6) is 0 Å². The number of carbonyl (C=O) groups is 1. The second kappa shape index (κ2) is 7.71. The largest absolute Gasteiger partial charge is 0.392 e. The molecule has 1 aliphatic rings. The summed E-state index contributed by atoms with van der Waals surface area (Å²) in [7, 11) is 0. The standard InChI is InChI=1S/C18H27NO2/c1-14(2)19-8-4-7-16(12-19)11-18(21)10-15-5-3-6-17(9-15)13-20/h3,5-6,9,14,16,20H,4,7-8,10-13H2,1-2H3/t16-/m0/s1. The molecule has 1 fully saturated rings. The van der Waals surface area contributed by atoms with Crippen LogP contribution in [0.4, 0.5) is 0 Å². The van der Waals surface area contributed by atoms with E-state index in [4.69, 9.17) is 5.11 Å². The molecule has 1 aliphatic heterocycles. The molecule has 2 rings (SSSR count). The predicted molar refractivity (Wildman–Crippen MR) is 85.1 cm³/mol. The summed E-state index contributed by atoms with van der Waals surface area (Å²) in [5, 5.41) is 9.15. The molecule has 0 saturated carbocycles. The maximum atomic E-state index is 12.3. The number of ketones is 1. The van der Waals surface area contributed by atoms with Crippen molar-refractivity contribution >= 4 is 5.78 Å². The highest BCUT2D eigenvalue weighted by Crippen LogP contribution is 2.22. The topological polar surface area (TPSA) is 40.5 Å². The van der Waals surface area contributed by atoms with Gasteiger partial charge in [-0.15, -0.1) is 0 Å². The summed E-state index contributed by atoms with van der Waals surface area (Å²) in [6.45, 7) is 6.71. The Morgan fingerprint density at radius 3 is 2.86 bits per heavy atom. The second-order valence-corrected chi connectivity index (χ2v) is 6.49. The van der Waals surface area contributed by atoms with Gasteiger partial charge in [-0.1, -0.05) is 24.3 Å². The molecule has 0 radical (unpaired) electrons. The minimum atomic E-state index is 0.0357. The summed E-state index contributed by atoms with van der Waals surface area (Å²) in [6.07, 6.45) is 3.56. The van der Waals surface area contributed by atoms with E-state index in [0.717, 1.165) is 17.7 Å². The van der Waals surface area contributed by atoms with Gasteiger partial charge in [0, 0.05) is 25.4 Å². The second-order valence-electron chi connectivity index (χ2n) is 6.49. The van der Waals surface area contributed by atoms with Gasteiger partial charge in [0.25, 0.3) is 0 Å². The zero-order valence-corrected chi connectivity index (χ0v) is 13.2. The molecular weight excluding hydrogens is 262 g/mol. The van der Waals surface area contributed by atoms with E-state index in [2.05, 4.69) is 18.7 Å². The molecule has 1 aromatic rings. The van der Waals surface area contributed by atoms with Crippen LogP contribution in [-0.4, -0.2) is 34.9 Å². The van der Waals surface area contributed by atoms with Crippen molar-refractivity contribution in [2.45, 2.75) is 52.2 Å². The minimum Gasteiger partial charge on any atom is -0.392 e. The van der Waals surface area contributed by atoms with Crippen LogP contribution in [0.3, 0.4) is 0 Å². The zero-order chi connectivity index (χ0) is 15.2. The molecule has 0 amide bonds. The van der Waals surface area contributed by atoms with Crippen LogP contribution in [-0.2, 0) is 17.8 Å². The number of rotatable bonds is 6. The summed E-state index contributed by atoms with van der Waals surface area (Å²) < 4.78 is 0. The fourth-order valence-corrected chi connectivity index (χ4v) is 3.19. The molecule has 116 valence electrons. The van der Waals surface area contributed by atoms with Crippen molar-refractivity contribution in [1.82, 2.24) is 4.90 Å². The van der Waals surface area contributed by atoms with Crippen LogP contribution in [0.25, 0.3) is 0 Å². The Bertz CT molecular complexity index is 470. The highest BCUT2D eigenvalue weighted by Gasteiger charge is 2.23. The van der Waals surface area contributed by atoms with Crippen molar-refractivity contribution in [3.8, 4) is 0 Å².